The summed E-state index contributed by atoms with van der Waals surface area (Å²) in [5.41, 5.74) is 2.06. The number of nitrogens with one attached hydrogen (secondary N) is 1. The van der Waals surface area contributed by atoms with Crippen molar-refractivity contribution in [3.63, 3.8) is 0 Å². The monoisotopic (exact) mass is 271 g/mol. The average molecular weight is 271 g/mol. The fraction of sp³-hybridized carbons (Fsp3) is 0.900. The highest BCUT2D eigenvalue weighted by molar-refractivity contribution is 5.86. The van der Waals surface area contributed by atoms with Crippen molar-refractivity contribution in [3.05, 3.63) is 0 Å². The second-order valence-corrected chi connectivity index (χ2v) is 4.37. The first kappa shape index (κ1) is 17.1. The molecule has 0 heterocycles. The number of hydrogen-bond acceptors (Lipinski definition) is 4. The fourth-order valence-corrected chi connectivity index (χ4v) is 0.898. The van der Waals surface area contributed by atoms with Gasteiger partial charge in [0.05, 0.1) is 13.2 Å². The Bertz CT molecular complexity index is 268. The van der Waals surface area contributed by atoms with E-state index in [0.717, 1.165) is 0 Å². The molecule has 0 aliphatic rings. The number of amides is 1. The van der Waals surface area contributed by atoms with Gasteiger partial charge in [-0.1, -0.05) is 0 Å². The number of halogens is 3. The molecule has 108 valence electrons. The number of carbonyl (C=O) groups excluding carboxylic acids is 1. The van der Waals surface area contributed by atoms with E-state index in [1.165, 1.54) is 0 Å². The Kier molecular flexibility index (Phi) is 6.58. The second-order valence-electron chi connectivity index (χ2n) is 4.37. The van der Waals surface area contributed by atoms with E-state index >= 15 is 0 Å². The van der Waals surface area contributed by atoms with Crippen molar-refractivity contribution in [1.29, 1.82) is 0 Å². The van der Waals surface area contributed by atoms with Crippen molar-refractivity contribution in [1.82, 2.24) is 10.2 Å². The topological polar surface area (TPSA) is 67.6 Å². The van der Waals surface area contributed by atoms with E-state index in [1.54, 1.807) is 0 Å². The van der Waals surface area contributed by atoms with Crippen molar-refractivity contribution >= 4 is 5.91 Å². The molecule has 0 rings (SSSR count). The third kappa shape index (κ3) is 5.65. The van der Waals surface area contributed by atoms with Gasteiger partial charge < -0.3 is 20.7 Å². The third-order valence-corrected chi connectivity index (χ3v) is 2.28. The molecule has 1 unspecified atom stereocenters. The third-order valence-electron chi connectivity index (χ3n) is 2.28. The summed E-state index contributed by atoms with van der Waals surface area (Å²) in [5.74, 6) is -1.26. The molecule has 0 bridgehead atoms. The molecule has 0 aromatic rings. The molecule has 0 aliphatic carbocycles. The number of nitrogens with two attached hydrogens (primary N) is 1. The van der Waals surface area contributed by atoms with Crippen molar-refractivity contribution in [3.8, 4) is 0 Å². The average Bonchev–Trinajstić information content (AvgIpc) is 2.20. The first-order chi connectivity index (χ1) is 8.09. The summed E-state index contributed by atoms with van der Waals surface area (Å²) in [6, 6.07) is 0. The van der Waals surface area contributed by atoms with E-state index in [2.05, 4.69) is 5.32 Å². The minimum Gasteiger partial charge on any atom is -0.378 e. The smallest absolute Gasteiger partial charge is 0.378 e. The predicted octanol–water partition coefficient (Wildman–Crippen LogP) is -0.0395. The van der Waals surface area contributed by atoms with Crippen molar-refractivity contribution < 1.29 is 22.7 Å². The Labute approximate surface area is 104 Å². The Hall–Kier alpha value is -0.860. The molecule has 18 heavy (non-hydrogen) atoms. The molecule has 8 heteroatoms. The summed E-state index contributed by atoms with van der Waals surface area (Å²) in [6.45, 7) is 1.92. The van der Waals surface area contributed by atoms with Crippen LogP contribution in [0.15, 0.2) is 0 Å². The van der Waals surface area contributed by atoms with Crippen LogP contribution in [-0.2, 0) is 9.53 Å². The highest BCUT2D eigenvalue weighted by Gasteiger charge is 2.53. The van der Waals surface area contributed by atoms with Crippen LogP contribution in [0.5, 0.6) is 0 Å². The van der Waals surface area contributed by atoms with Crippen LogP contribution in [0.3, 0.4) is 0 Å². The van der Waals surface area contributed by atoms with Crippen LogP contribution in [0, 0.1) is 0 Å². The molecule has 0 spiro atoms. The number of likely N-dealkylation sites (N-methyl/N-ethyl adjacent to an activating group) is 1. The van der Waals surface area contributed by atoms with Gasteiger partial charge in [0.1, 0.15) is 0 Å². The first-order valence-corrected chi connectivity index (χ1v) is 5.45. The second kappa shape index (κ2) is 6.91. The summed E-state index contributed by atoms with van der Waals surface area (Å²) >= 11 is 0. The van der Waals surface area contributed by atoms with Crippen LogP contribution in [0.4, 0.5) is 13.2 Å². The van der Waals surface area contributed by atoms with Crippen molar-refractivity contribution in [2.45, 2.75) is 18.6 Å². The van der Waals surface area contributed by atoms with E-state index in [-0.39, 0.29) is 13.2 Å². The fourth-order valence-electron chi connectivity index (χ4n) is 0.898. The minimum atomic E-state index is -4.77. The Morgan fingerprint density at radius 3 is 2.33 bits per heavy atom. The van der Waals surface area contributed by atoms with Crippen LogP contribution in [0.2, 0.25) is 0 Å². The lowest BCUT2D eigenvalue weighted by Crippen LogP contribution is -2.61. The maximum absolute atomic E-state index is 12.4. The van der Waals surface area contributed by atoms with Gasteiger partial charge in [0, 0.05) is 13.1 Å². The zero-order chi connectivity index (χ0) is 14.4. The first-order valence-electron chi connectivity index (χ1n) is 5.45. The van der Waals surface area contributed by atoms with Gasteiger partial charge in [-0.2, -0.15) is 13.2 Å². The molecular formula is C10H20F3N3O2. The number of nitrogens with zero attached hydrogens (tertiary/aromatic N) is 1. The van der Waals surface area contributed by atoms with Crippen molar-refractivity contribution in [2.24, 2.45) is 5.73 Å². The van der Waals surface area contributed by atoms with E-state index in [1.807, 2.05) is 19.0 Å². The number of hydrogen-bond donors (Lipinski definition) is 2. The zero-order valence-electron chi connectivity index (χ0n) is 10.8. The summed E-state index contributed by atoms with van der Waals surface area (Å²) in [7, 11) is 3.74. The summed E-state index contributed by atoms with van der Waals surface area (Å²) in [4.78, 5) is 13.1. The lowest BCUT2D eigenvalue weighted by Gasteiger charge is -2.26. The molecule has 0 aliphatic heterocycles. The number of carbonyl (C=O) groups is 1. The van der Waals surface area contributed by atoms with Crippen LogP contribution >= 0.6 is 0 Å². The highest BCUT2D eigenvalue weighted by Crippen LogP contribution is 2.27. The Morgan fingerprint density at radius 1 is 1.33 bits per heavy atom. The molecule has 0 radical (unpaired) electrons. The maximum Gasteiger partial charge on any atom is 0.415 e. The molecule has 0 saturated carbocycles. The minimum absolute atomic E-state index is 0.00483. The molecule has 3 N–H and O–H groups in total. The maximum atomic E-state index is 12.4. The SMILES string of the molecule is CN(C)CCOCCNC(=O)C(C)(N)C(F)(F)F. The van der Waals surface area contributed by atoms with Gasteiger partial charge in [-0.15, -0.1) is 0 Å². The van der Waals surface area contributed by atoms with Gasteiger partial charge in [-0.3, -0.25) is 4.79 Å². The summed E-state index contributed by atoms with van der Waals surface area (Å²) in [6.07, 6.45) is -4.77. The molecule has 5 nitrogen and oxygen atoms in total. The molecular weight excluding hydrogens is 251 g/mol. The van der Waals surface area contributed by atoms with Gasteiger partial charge in [0.2, 0.25) is 5.91 Å². The van der Waals surface area contributed by atoms with E-state index in [9.17, 15) is 18.0 Å². The highest BCUT2D eigenvalue weighted by atomic mass is 19.4. The quantitative estimate of drug-likeness (QED) is 0.638. The van der Waals surface area contributed by atoms with E-state index in [4.69, 9.17) is 10.5 Å². The van der Waals surface area contributed by atoms with Gasteiger partial charge >= 0.3 is 6.18 Å². The summed E-state index contributed by atoms with van der Waals surface area (Å²) < 4.78 is 42.3. The van der Waals surface area contributed by atoms with Crippen LogP contribution in [-0.4, -0.2) is 62.9 Å². The molecule has 0 saturated heterocycles. The Balaban J connectivity index is 3.85. The largest absolute Gasteiger partial charge is 0.415 e. The predicted molar refractivity (Wildman–Crippen MR) is 61.0 cm³/mol. The van der Waals surface area contributed by atoms with Crippen molar-refractivity contribution in [2.75, 3.05) is 40.4 Å². The summed E-state index contributed by atoms with van der Waals surface area (Å²) in [5, 5.41) is 2.10. The van der Waals surface area contributed by atoms with Gasteiger partial charge in [0.25, 0.3) is 0 Å². The lowest BCUT2D eigenvalue weighted by atomic mass is 10.0. The molecule has 0 aromatic heterocycles. The van der Waals surface area contributed by atoms with Crippen LogP contribution in [0.1, 0.15) is 6.92 Å². The van der Waals surface area contributed by atoms with E-state index < -0.39 is 17.6 Å². The van der Waals surface area contributed by atoms with Gasteiger partial charge in [0.15, 0.2) is 5.54 Å². The van der Waals surface area contributed by atoms with Gasteiger partial charge in [-0.05, 0) is 21.0 Å². The van der Waals surface area contributed by atoms with Gasteiger partial charge in [-0.25, -0.2) is 0 Å². The van der Waals surface area contributed by atoms with Crippen LogP contribution in [0.25, 0.3) is 0 Å². The zero-order valence-corrected chi connectivity index (χ0v) is 10.8. The van der Waals surface area contributed by atoms with Crippen LogP contribution < -0.4 is 11.1 Å². The van der Waals surface area contributed by atoms with E-state index in [0.29, 0.717) is 20.1 Å². The Morgan fingerprint density at radius 2 is 1.89 bits per heavy atom. The number of ether oxygens (including phenoxy) is 1. The number of rotatable bonds is 7. The number of alkyl halides is 3. The normalized spacial score (nSPS) is 15.6. The molecule has 0 fully saturated rings. The molecule has 1 amide bonds. The lowest BCUT2D eigenvalue weighted by molar-refractivity contribution is -0.187. The molecule has 1 atom stereocenters. The standard InChI is InChI=1S/C10H20F3N3O2/c1-9(14,10(11,12)13)8(17)15-4-6-18-7-5-16(2)3/h4-7,14H2,1-3H3,(H,15,17). The molecule has 0 aromatic carbocycles.